The zero-order chi connectivity index (χ0) is 49.2. The van der Waals surface area contributed by atoms with Crippen molar-refractivity contribution >= 4 is 11.8 Å². The van der Waals surface area contributed by atoms with Crippen LogP contribution in [-0.2, 0) is 14.3 Å². The SMILES string of the molecule is CCCCCCCCCCN(CCCCCCCCCC)C(=O)CCCCCCCN(CCCCCCCC(=O)N(CCCCCCCCCC)CCCCCCCCCC)[C@H]1CCOC[C@@H]1O. The molecule has 68 heavy (non-hydrogen) atoms. The van der Waals surface area contributed by atoms with Crippen LogP contribution < -0.4 is 0 Å². The molecule has 1 N–H and O–H groups in total. The Morgan fingerprint density at radius 3 is 0.897 bits per heavy atom. The highest BCUT2D eigenvalue weighted by Gasteiger charge is 2.29. The molecule has 1 aliphatic rings. The molecule has 7 heteroatoms. The molecule has 2 amide bonds. The van der Waals surface area contributed by atoms with E-state index in [1.807, 2.05) is 0 Å². The number of amides is 2. The van der Waals surface area contributed by atoms with Gasteiger partial charge in [-0.25, -0.2) is 0 Å². The first kappa shape index (κ1) is 64.8. The Hall–Kier alpha value is -1.18. The zero-order valence-corrected chi connectivity index (χ0v) is 46.6. The van der Waals surface area contributed by atoms with Gasteiger partial charge in [-0.15, -0.1) is 0 Å². The summed E-state index contributed by atoms with van der Waals surface area (Å²) < 4.78 is 5.63. The number of carbonyl (C=O) groups is 2. The minimum absolute atomic E-state index is 0.195. The predicted octanol–water partition coefficient (Wildman–Crippen LogP) is 17.3. The van der Waals surface area contributed by atoms with Crippen LogP contribution in [-0.4, -0.2) is 96.2 Å². The smallest absolute Gasteiger partial charge is 0.222 e. The summed E-state index contributed by atoms with van der Waals surface area (Å²) in [5.74, 6) is 0.791. The first-order valence-corrected chi connectivity index (χ1v) is 31.0. The van der Waals surface area contributed by atoms with Crippen LogP contribution in [0.1, 0.15) is 317 Å². The van der Waals surface area contributed by atoms with E-state index in [2.05, 4.69) is 42.4 Å². The van der Waals surface area contributed by atoms with Gasteiger partial charge in [0, 0.05) is 51.7 Å². The van der Waals surface area contributed by atoms with Crippen LogP contribution in [0.4, 0.5) is 0 Å². The van der Waals surface area contributed by atoms with Crippen molar-refractivity contribution in [1.82, 2.24) is 14.7 Å². The van der Waals surface area contributed by atoms with Crippen molar-refractivity contribution in [1.29, 1.82) is 0 Å². The molecule has 1 fully saturated rings. The van der Waals surface area contributed by atoms with Crippen molar-refractivity contribution in [2.24, 2.45) is 0 Å². The van der Waals surface area contributed by atoms with Gasteiger partial charge in [0.25, 0.3) is 0 Å². The van der Waals surface area contributed by atoms with Gasteiger partial charge in [-0.1, -0.05) is 246 Å². The summed E-state index contributed by atoms with van der Waals surface area (Å²) in [4.78, 5) is 34.0. The number of rotatable bonds is 53. The van der Waals surface area contributed by atoms with Crippen molar-refractivity contribution in [2.45, 2.75) is 329 Å². The number of carbonyl (C=O) groups excluding carboxylic acids is 2. The van der Waals surface area contributed by atoms with E-state index in [9.17, 15) is 14.7 Å². The van der Waals surface area contributed by atoms with Gasteiger partial charge in [-0.05, 0) is 70.9 Å². The fourth-order valence-electron chi connectivity index (χ4n) is 10.6. The van der Waals surface area contributed by atoms with E-state index in [1.165, 1.54) is 205 Å². The summed E-state index contributed by atoms with van der Waals surface area (Å²) in [6.45, 7) is 16.2. The van der Waals surface area contributed by atoms with Gasteiger partial charge in [0.1, 0.15) is 0 Å². The summed E-state index contributed by atoms with van der Waals surface area (Å²) in [6.07, 6.45) is 55.3. The van der Waals surface area contributed by atoms with Crippen molar-refractivity contribution in [2.75, 3.05) is 52.5 Å². The highest BCUT2D eigenvalue weighted by molar-refractivity contribution is 5.76. The van der Waals surface area contributed by atoms with Gasteiger partial charge in [0.2, 0.25) is 11.8 Å². The molecule has 0 aromatic rings. The average Bonchev–Trinajstić information content (AvgIpc) is 3.34. The van der Waals surface area contributed by atoms with E-state index in [0.29, 0.717) is 31.3 Å². The second-order valence-electron chi connectivity index (χ2n) is 21.7. The first-order valence-electron chi connectivity index (χ1n) is 31.0. The molecule has 1 saturated heterocycles. The maximum absolute atomic E-state index is 13.5. The normalized spacial score (nSPS) is 15.1. The third kappa shape index (κ3) is 39.4. The molecule has 1 heterocycles. The van der Waals surface area contributed by atoms with E-state index in [0.717, 1.165) is 117 Å². The molecule has 0 saturated carbocycles. The van der Waals surface area contributed by atoms with Gasteiger partial charge in [-0.2, -0.15) is 0 Å². The van der Waals surface area contributed by atoms with Crippen molar-refractivity contribution in [3.8, 4) is 0 Å². The molecule has 0 bridgehead atoms. The van der Waals surface area contributed by atoms with Gasteiger partial charge in [-0.3, -0.25) is 14.5 Å². The molecule has 0 unspecified atom stereocenters. The molecule has 1 rings (SSSR count). The van der Waals surface area contributed by atoms with E-state index < -0.39 is 6.10 Å². The molecule has 0 radical (unpaired) electrons. The second-order valence-corrected chi connectivity index (χ2v) is 21.7. The second kappa shape index (κ2) is 50.7. The molecule has 2 atom stereocenters. The fourth-order valence-corrected chi connectivity index (χ4v) is 10.6. The lowest BCUT2D eigenvalue weighted by Crippen LogP contribution is -2.49. The van der Waals surface area contributed by atoms with Gasteiger partial charge >= 0.3 is 0 Å². The summed E-state index contributed by atoms with van der Waals surface area (Å²) in [7, 11) is 0. The molecule has 0 spiro atoms. The Kier molecular flexibility index (Phi) is 48.4. The van der Waals surface area contributed by atoms with Crippen molar-refractivity contribution in [3.05, 3.63) is 0 Å². The average molecular weight is 961 g/mol. The van der Waals surface area contributed by atoms with Crippen molar-refractivity contribution < 1.29 is 19.4 Å². The van der Waals surface area contributed by atoms with E-state index in [1.54, 1.807) is 0 Å². The number of aliphatic hydroxyl groups excluding tert-OH is 1. The zero-order valence-electron chi connectivity index (χ0n) is 46.6. The van der Waals surface area contributed by atoms with Crippen LogP contribution in [0.15, 0.2) is 0 Å². The maximum atomic E-state index is 13.5. The third-order valence-electron chi connectivity index (χ3n) is 15.3. The Bertz CT molecular complexity index is 948. The largest absolute Gasteiger partial charge is 0.389 e. The minimum Gasteiger partial charge on any atom is -0.389 e. The Balaban J connectivity index is 2.45. The highest BCUT2D eigenvalue weighted by Crippen LogP contribution is 2.20. The van der Waals surface area contributed by atoms with E-state index >= 15 is 0 Å². The Morgan fingerprint density at radius 2 is 0.618 bits per heavy atom. The number of unbranched alkanes of at least 4 members (excludes halogenated alkanes) is 36. The predicted molar refractivity (Wildman–Crippen MR) is 296 cm³/mol. The molecule has 1 aliphatic heterocycles. The number of nitrogens with zero attached hydrogens (tertiary/aromatic N) is 3. The lowest BCUT2D eigenvalue weighted by Gasteiger charge is -2.37. The fraction of sp³-hybridized carbons (Fsp3) is 0.967. The standard InChI is InChI=1S/C61H121N3O4/c1-5-9-13-17-21-25-33-43-52-63(53-44-34-26-22-18-14-10-6-2)60(66)47-39-31-29-37-41-50-62(58-49-56-68-57-59(58)65)51-42-38-30-32-40-48-61(67)64(54-45-35-27-23-19-15-11-7-3)55-46-36-28-24-20-16-12-8-4/h58-59,65H,5-57H2,1-4H3/t58-,59-/m0/s1. The quantitative estimate of drug-likeness (QED) is 0.0615. The summed E-state index contributed by atoms with van der Waals surface area (Å²) in [6, 6.07) is 0.195. The topological polar surface area (TPSA) is 73.3 Å². The Labute approximate surface area is 425 Å². The van der Waals surface area contributed by atoms with Gasteiger partial charge in [0.05, 0.1) is 12.7 Å². The minimum atomic E-state index is -0.403. The molecule has 0 aromatic heterocycles. The number of ether oxygens (including phenoxy) is 1. The molecule has 0 aromatic carbocycles. The van der Waals surface area contributed by atoms with Crippen LogP contribution in [0, 0.1) is 0 Å². The molecular weight excluding hydrogens is 839 g/mol. The molecule has 7 nitrogen and oxygen atoms in total. The summed E-state index contributed by atoms with van der Waals surface area (Å²) >= 11 is 0. The van der Waals surface area contributed by atoms with Crippen LogP contribution in [0.25, 0.3) is 0 Å². The number of aliphatic hydroxyl groups is 1. The molecule has 0 aliphatic carbocycles. The molecule has 404 valence electrons. The van der Waals surface area contributed by atoms with Gasteiger partial charge < -0.3 is 19.6 Å². The lowest BCUT2D eigenvalue weighted by atomic mass is 10.0. The monoisotopic (exact) mass is 960 g/mol. The Morgan fingerprint density at radius 1 is 0.368 bits per heavy atom. The van der Waals surface area contributed by atoms with Gasteiger partial charge in [0.15, 0.2) is 0 Å². The molecular formula is C61H121N3O4. The lowest BCUT2D eigenvalue weighted by molar-refractivity contribution is -0.132. The maximum Gasteiger partial charge on any atom is 0.222 e. The van der Waals surface area contributed by atoms with Crippen molar-refractivity contribution in [3.63, 3.8) is 0 Å². The van der Waals surface area contributed by atoms with Crippen LogP contribution in [0.5, 0.6) is 0 Å². The first-order chi connectivity index (χ1) is 33.5. The third-order valence-corrected chi connectivity index (χ3v) is 15.3. The summed E-state index contributed by atoms with van der Waals surface area (Å²) in [5, 5.41) is 10.9. The number of hydrogen-bond donors (Lipinski definition) is 1. The van der Waals surface area contributed by atoms with Crippen LogP contribution in [0.2, 0.25) is 0 Å². The van der Waals surface area contributed by atoms with E-state index in [4.69, 9.17) is 4.74 Å². The number of hydrogen-bond acceptors (Lipinski definition) is 5. The van der Waals surface area contributed by atoms with E-state index in [-0.39, 0.29) is 6.04 Å². The van der Waals surface area contributed by atoms with Crippen LogP contribution in [0.3, 0.4) is 0 Å². The highest BCUT2D eigenvalue weighted by atomic mass is 16.5. The summed E-state index contributed by atoms with van der Waals surface area (Å²) in [5.41, 5.74) is 0. The van der Waals surface area contributed by atoms with Crippen LogP contribution >= 0.6 is 0 Å².